The Balaban J connectivity index is 1.54. The van der Waals surface area contributed by atoms with Gasteiger partial charge in [-0.2, -0.15) is 0 Å². The van der Waals surface area contributed by atoms with Crippen molar-refractivity contribution in [1.29, 1.82) is 0 Å². The van der Waals surface area contributed by atoms with Crippen LogP contribution >= 0.6 is 0 Å². The van der Waals surface area contributed by atoms with E-state index in [1.165, 1.54) is 0 Å². The molecule has 0 unspecified atom stereocenters. The molecule has 2 heterocycles. The fraction of sp³-hybridized carbons (Fsp3) is 0.222. The number of nitrogens with zero attached hydrogens (tertiary/aromatic N) is 1. The predicted octanol–water partition coefficient (Wildman–Crippen LogP) is 2.58. The van der Waals surface area contributed by atoms with Gasteiger partial charge in [-0.3, -0.25) is 9.59 Å². The van der Waals surface area contributed by atoms with Crippen molar-refractivity contribution in [3.8, 4) is 11.5 Å². The van der Waals surface area contributed by atoms with E-state index in [4.69, 9.17) is 9.47 Å². The number of anilines is 2. The highest BCUT2D eigenvalue weighted by atomic mass is 16.7. The molecule has 0 radical (unpaired) electrons. The van der Waals surface area contributed by atoms with E-state index in [1.807, 2.05) is 12.1 Å². The van der Waals surface area contributed by atoms with Crippen LogP contribution in [0.4, 0.5) is 11.4 Å². The lowest BCUT2D eigenvalue weighted by Gasteiger charge is -2.14. The summed E-state index contributed by atoms with van der Waals surface area (Å²) >= 11 is 0. The number of nitrogens with one attached hydrogen (secondary N) is 1. The molecule has 0 saturated heterocycles. The van der Waals surface area contributed by atoms with Gasteiger partial charge in [0.25, 0.3) is 5.91 Å². The highest BCUT2D eigenvalue weighted by molar-refractivity contribution is 6.05. The zero-order chi connectivity index (χ0) is 16.7. The Morgan fingerprint density at radius 3 is 2.75 bits per heavy atom. The lowest BCUT2D eigenvalue weighted by Crippen LogP contribution is -2.25. The molecule has 0 aliphatic carbocycles. The number of carbonyl (C=O) groups excluding carboxylic acids is 2. The number of carbonyl (C=O) groups is 2. The molecule has 0 bridgehead atoms. The van der Waals surface area contributed by atoms with Gasteiger partial charge in [-0.15, -0.1) is 0 Å². The first-order valence-electron chi connectivity index (χ1n) is 7.74. The molecule has 0 aromatic heterocycles. The average molecular weight is 324 g/mol. The van der Waals surface area contributed by atoms with E-state index in [0.717, 1.165) is 17.7 Å². The molecular formula is C18H16N2O4. The Morgan fingerprint density at radius 1 is 1.08 bits per heavy atom. The van der Waals surface area contributed by atoms with E-state index < -0.39 is 0 Å². The van der Waals surface area contributed by atoms with E-state index in [1.54, 1.807) is 36.1 Å². The third-order valence-corrected chi connectivity index (χ3v) is 4.25. The molecule has 2 aromatic carbocycles. The van der Waals surface area contributed by atoms with Crippen molar-refractivity contribution < 1.29 is 19.1 Å². The second-order valence-corrected chi connectivity index (χ2v) is 5.79. The highest BCUT2D eigenvalue weighted by Gasteiger charge is 2.23. The Morgan fingerprint density at radius 2 is 1.92 bits per heavy atom. The first-order valence-corrected chi connectivity index (χ1v) is 7.74. The van der Waals surface area contributed by atoms with Gasteiger partial charge in [-0.05, 0) is 42.3 Å². The summed E-state index contributed by atoms with van der Waals surface area (Å²) in [5.41, 5.74) is 3.12. The van der Waals surface area contributed by atoms with E-state index in [0.29, 0.717) is 29.3 Å². The number of fused-ring (bicyclic) bond motifs is 2. The third-order valence-electron chi connectivity index (χ3n) is 4.25. The number of benzene rings is 2. The van der Waals surface area contributed by atoms with Crippen LogP contribution in [0.25, 0.3) is 0 Å². The van der Waals surface area contributed by atoms with Gasteiger partial charge in [0.15, 0.2) is 11.5 Å². The minimum atomic E-state index is -0.196. The number of rotatable bonds is 2. The largest absolute Gasteiger partial charge is 0.454 e. The van der Waals surface area contributed by atoms with Crippen LogP contribution in [0, 0.1) is 0 Å². The second-order valence-electron chi connectivity index (χ2n) is 5.79. The van der Waals surface area contributed by atoms with Gasteiger partial charge in [0, 0.05) is 36.5 Å². The molecule has 6 heteroatoms. The molecule has 0 spiro atoms. The van der Waals surface area contributed by atoms with Crippen LogP contribution in [0.2, 0.25) is 0 Å². The average Bonchev–Trinajstić information content (AvgIpc) is 3.20. The van der Waals surface area contributed by atoms with Gasteiger partial charge in [0.05, 0.1) is 0 Å². The lowest BCUT2D eigenvalue weighted by atomic mass is 10.1. The molecule has 0 saturated carbocycles. The van der Waals surface area contributed by atoms with Crippen LogP contribution in [0.5, 0.6) is 11.5 Å². The van der Waals surface area contributed by atoms with Crippen molar-refractivity contribution in [2.45, 2.75) is 13.3 Å². The summed E-state index contributed by atoms with van der Waals surface area (Å²) in [5.74, 6) is 1.12. The molecule has 24 heavy (non-hydrogen) atoms. The molecular weight excluding hydrogens is 308 g/mol. The molecule has 122 valence electrons. The Kier molecular flexibility index (Phi) is 3.37. The van der Waals surface area contributed by atoms with Crippen molar-refractivity contribution >= 4 is 23.2 Å². The first kappa shape index (κ1) is 14.6. The topological polar surface area (TPSA) is 67.9 Å². The predicted molar refractivity (Wildman–Crippen MR) is 88.7 cm³/mol. The monoisotopic (exact) mass is 324 g/mol. The number of ether oxygens (including phenoxy) is 2. The summed E-state index contributed by atoms with van der Waals surface area (Å²) < 4.78 is 10.6. The molecule has 2 aliphatic heterocycles. The summed E-state index contributed by atoms with van der Waals surface area (Å²) in [4.78, 5) is 25.8. The van der Waals surface area contributed by atoms with Crippen molar-refractivity contribution in [3.63, 3.8) is 0 Å². The number of hydrogen-bond donors (Lipinski definition) is 1. The quantitative estimate of drug-likeness (QED) is 0.922. The SMILES string of the molecule is CC(=O)N1CCc2cc(C(=O)Nc3ccc4c(c3)OCO4)ccc21. The van der Waals surface area contributed by atoms with E-state index in [-0.39, 0.29) is 18.6 Å². The molecule has 2 amide bonds. The van der Waals surface area contributed by atoms with Crippen LogP contribution < -0.4 is 19.7 Å². The maximum atomic E-state index is 12.5. The third kappa shape index (κ3) is 2.46. The van der Waals surface area contributed by atoms with Crippen molar-refractivity contribution in [1.82, 2.24) is 0 Å². The summed E-state index contributed by atoms with van der Waals surface area (Å²) in [6, 6.07) is 10.7. The highest BCUT2D eigenvalue weighted by Crippen LogP contribution is 2.34. The molecule has 6 nitrogen and oxygen atoms in total. The van der Waals surface area contributed by atoms with Crippen molar-refractivity contribution in [2.75, 3.05) is 23.6 Å². The zero-order valence-electron chi connectivity index (χ0n) is 13.2. The molecule has 4 rings (SSSR count). The Hall–Kier alpha value is -3.02. The lowest BCUT2D eigenvalue weighted by molar-refractivity contribution is -0.116. The fourth-order valence-electron chi connectivity index (χ4n) is 3.05. The summed E-state index contributed by atoms with van der Waals surface area (Å²) in [5, 5.41) is 2.86. The standard InChI is InChI=1S/C18H16N2O4/c1-11(21)20-7-6-12-8-13(2-4-15(12)20)18(22)19-14-3-5-16-17(9-14)24-10-23-16/h2-5,8-9H,6-7,10H2,1H3,(H,19,22). The fourth-order valence-corrected chi connectivity index (χ4v) is 3.05. The summed E-state index contributed by atoms with van der Waals surface area (Å²) in [6.45, 7) is 2.41. The molecule has 2 aliphatic rings. The van der Waals surface area contributed by atoms with E-state index >= 15 is 0 Å². The van der Waals surface area contributed by atoms with Crippen LogP contribution in [0.3, 0.4) is 0 Å². The summed E-state index contributed by atoms with van der Waals surface area (Å²) in [6.07, 6.45) is 0.764. The van der Waals surface area contributed by atoms with E-state index in [9.17, 15) is 9.59 Å². The van der Waals surface area contributed by atoms with Crippen LogP contribution in [0.1, 0.15) is 22.8 Å². The van der Waals surface area contributed by atoms with Crippen LogP contribution in [0.15, 0.2) is 36.4 Å². The summed E-state index contributed by atoms with van der Waals surface area (Å²) in [7, 11) is 0. The van der Waals surface area contributed by atoms with Crippen LogP contribution in [-0.4, -0.2) is 25.2 Å². The minimum Gasteiger partial charge on any atom is -0.454 e. The number of hydrogen-bond acceptors (Lipinski definition) is 4. The van der Waals surface area contributed by atoms with Gasteiger partial charge >= 0.3 is 0 Å². The molecule has 1 N–H and O–H groups in total. The van der Waals surface area contributed by atoms with E-state index in [2.05, 4.69) is 5.32 Å². The van der Waals surface area contributed by atoms with Crippen LogP contribution in [-0.2, 0) is 11.2 Å². The van der Waals surface area contributed by atoms with Crippen molar-refractivity contribution in [3.05, 3.63) is 47.5 Å². The molecule has 0 fully saturated rings. The van der Waals surface area contributed by atoms with Crippen molar-refractivity contribution in [2.24, 2.45) is 0 Å². The smallest absolute Gasteiger partial charge is 0.255 e. The first-order chi connectivity index (χ1) is 11.6. The number of amides is 2. The normalized spacial score (nSPS) is 14.5. The van der Waals surface area contributed by atoms with Gasteiger partial charge < -0.3 is 19.7 Å². The molecule has 0 atom stereocenters. The maximum Gasteiger partial charge on any atom is 0.255 e. The zero-order valence-corrected chi connectivity index (χ0v) is 13.2. The van der Waals surface area contributed by atoms with Gasteiger partial charge in [0.1, 0.15) is 0 Å². The van der Waals surface area contributed by atoms with Gasteiger partial charge in [-0.1, -0.05) is 0 Å². The molecule has 2 aromatic rings. The van der Waals surface area contributed by atoms with Gasteiger partial charge in [0.2, 0.25) is 12.7 Å². The maximum absolute atomic E-state index is 12.5. The van der Waals surface area contributed by atoms with Gasteiger partial charge in [-0.25, -0.2) is 0 Å². The Bertz CT molecular complexity index is 847. The second kappa shape index (κ2) is 5.56. The minimum absolute atomic E-state index is 0.0197. The Labute approximate surface area is 139 Å².